The van der Waals surface area contributed by atoms with Gasteiger partial charge in [-0.25, -0.2) is 23.2 Å². The maximum absolute atomic E-state index is 12.8. The number of nitrogens with zero attached hydrogens (tertiary/aromatic N) is 3. The summed E-state index contributed by atoms with van der Waals surface area (Å²) in [5, 5.41) is 5.74. The van der Waals surface area contributed by atoms with Gasteiger partial charge in [0.05, 0.1) is 24.9 Å². The van der Waals surface area contributed by atoms with E-state index in [1.807, 2.05) is 30.3 Å². The molecular formula is C24H31N5O4S. The van der Waals surface area contributed by atoms with Gasteiger partial charge in [0.25, 0.3) is 0 Å². The molecule has 1 saturated heterocycles. The molecule has 182 valence electrons. The largest absolute Gasteiger partial charge is 0.377 e. The Morgan fingerprint density at radius 1 is 1.18 bits per heavy atom. The van der Waals surface area contributed by atoms with Gasteiger partial charge in [-0.1, -0.05) is 0 Å². The number of hydrogen-bond acceptors (Lipinski definition) is 7. The second-order valence-corrected chi connectivity index (χ2v) is 11.9. The van der Waals surface area contributed by atoms with Gasteiger partial charge < -0.3 is 20.3 Å². The Balaban J connectivity index is 1.49. The van der Waals surface area contributed by atoms with E-state index >= 15 is 0 Å². The van der Waals surface area contributed by atoms with E-state index in [1.54, 1.807) is 0 Å². The van der Waals surface area contributed by atoms with Crippen LogP contribution in [0.1, 0.15) is 44.7 Å². The van der Waals surface area contributed by atoms with E-state index in [0.717, 1.165) is 30.6 Å². The van der Waals surface area contributed by atoms with Crippen molar-refractivity contribution in [3.05, 3.63) is 36.0 Å². The average molecular weight is 486 g/mol. The summed E-state index contributed by atoms with van der Waals surface area (Å²) in [4.78, 5) is 23.8. The van der Waals surface area contributed by atoms with E-state index in [-0.39, 0.29) is 18.1 Å². The topological polar surface area (TPSA) is 114 Å². The van der Waals surface area contributed by atoms with Crippen molar-refractivity contribution in [2.24, 2.45) is 0 Å². The molecule has 1 atom stereocenters. The molecule has 3 aliphatic rings. The first-order chi connectivity index (χ1) is 16.2. The number of sulfone groups is 1. The minimum atomic E-state index is -3.35. The Kier molecular flexibility index (Phi) is 5.97. The summed E-state index contributed by atoms with van der Waals surface area (Å²) in [5.74, 6) is 1.20. The van der Waals surface area contributed by atoms with E-state index in [2.05, 4.69) is 22.5 Å². The zero-order chi connectivity index (χ0) is 23.9. The Morgan fingerprint density at radius 3 is 2.50 bits per heavy atom. The fourth-order valence-corrected chi connectivity index (χ4v) is 6.12. The van der Waals surface area contributed by atoms with Crippen molar-refractivity contribution in [2.75, 3.05) is 36.2 Å². The van der Waals surface area contributed by atoms with E-state index in [1.165, 1.54) is 6.26 Å². The number of urea groups is 1. The van der Waals surface area contributed by atoms with Crippen LogP contribution in [0.3, 0.4) is 0 Å². The number of carbonyl (C=O) groups excluding carboxylic acids is 1. The second-order valence-electron chi connectivity index (χ2n) is 9.62. The average Bonchev–Trinajstić information content (AvgIpc) is 3.56. The minimum absolute atomic E-state index is 0.122. The predicted molar refractivity (Wildman–Crippen MR) is 131 cm³/mol. The summed E-state index contributed by atoms with van der Waals surface area (Å²) in [6.45, 7) is 3.94. The number of hydrogen-bond donors (Lipinski definition) is 2. The van der Waals surface area contributed by atoms with Crippen LogP contribution in [0.25, 0.3) is 11.4 Å². The molecule has 1 aliphatic heterocycles. The second kappa shape index (κ2) is 8.81. The zero-order valence-electron chi connectivity index (χ0n) is 19.6. The maximum atomic E-state index is 12.8. The smallest absolute Gasteiger partial charge is 0.319 e. The van der Waals surface area contributed by atoms with Crippen molar-refractivity contribution < 1.29 is 17.9 Å². The van der Waals surface area contributed by atoms with Gasteiger partial charge in [0.2, 0.25) is 0 Å². The lowest BCUT2D eigenvalue weighted by molar-refractivity contribution is 0.0985. The lowest BCUT2D eigenvalue weighted by Crippen LogP contribution is -2.45. The third-order valence-corrected chi connectivity index (χ3v) is 9.06. The molecule has 2 saturated carbocycles. The molecule has 3 fully saturated rings. The van der Waals surface area contributed by atoms with Gasteiger partial charge in [-0.2, -0.15) is 0 Å². The first-order valence-corrected chi connectivity index (χ1v) is 13.8. The molecule has 10 heteroatoms. The van der Waals surface area contributed by atoms with Crippen LogP contribution in [0.15, 0.2) is 30.3 Å². The summed E-state index contributed by atoms with van der Waals surface area (Å²) in [6, 6.07) is 9.37. The molecule has 0 bridgehead atoms. The third-order valence-electron chi connectivity index (χ3n) is 7.03. The van der Waals surface area contributed by atoms with Crippen LogP contribution in [-0.4, -0.2) is 62.5 Å². The maximum Gasteiger partial charge on any atom is 0.319 e. The molecule has 2 aromatic rings. The summed E-state index contributed by atoms with van der Waals surface area (Å²) >= 11 is 0. The lowest BCUT2D eigenvalue weighted by atomic mass is 9.81. The van der Waals surface area contributed by atoms with E-state index in [0.29, 0.717) is 49.8 Å². The number of morpholine rings is 1. The first kappa shape index (κ1) is 23.0. The number of anilines is 2. The van der Waals surface area contributed by atoms with Gasteiger partial charge in [-0.15, -0.1) is 0 Å². The molecule has 2 aliphatic carbocycles. The molecular weight excluding hydrogens is 454 g/mol. The van der Waals surface area contributed by atoms with Gasteiger partial charge in [0.15, 0.2) is 15.7 Å². The molecule has 5 rings (SSSR count). The Labute approximate surface area is 200 Å². The summed E-state index contributed by atoms with van der Waals surface area (Å²) in [6.07, 6.45) is 5.36. The standard InChI is InChI=1S/C24H31N5O4S/c1-16-15-33-13-12-29(16)21-14-20(24(10-3-11-24)34(2,31)32)27-22(28-21)17-4-6-18(7-5-17)25-23(30)26-19-8-9-19/h4-7,14,16,19H,3,8-13,15H2,1-2H3,(H2,25,26,30)/t16-/m0/s1. The Bertz CT molecular complexity index is 1180. The van der Waals surface area contributed by atoms with Gasteiger partial charge in [-0.3, -0.25) is 0 Å². The third kappa shape index (κ3) is 4.48. The lowest BCUT2D eigenvalue weighted by Gasteiger charge is -2.40. The van der Waals surface area contributed by atoms with Crippen molar-refractivity contribution in [3.63, 3.8) is 0 Å². The van der Waals surface area contributed by atoms with Gasteiger partial charge in [0.1, 0.15) is 10.6 Å². The Hall–Kier alpha value is -2.72. The highest BCUT2D eigenvalue weighted by molar-refractivity contribution is 7.91. The van der Waals surface area contributed by atoms with E-state index in [4.69, 9.17) is 14.7 Å². The van der Waals surface area contributed by atoms with Crippen LogP contribution in [0.5, 0.6) is 0 Å². The molecule has 2 heterocycles. The minimum Gasteiger partial charge on any atom is -0.377 e. The number of nitrogens with one attached hydrogen (secondary N) is 2. The van der Waals surface area contributed by atoms with Gasteiger partial charge in [0, 0.05) is 36.2 Å². The fraction of sp³-hybridized carbons (Fsp3) is 0.542. The SMILES string of the molecule is C[C@H]1COCCN1c1cc(C2(S(C)(=O)=O)CCC2)nc(-c2ccc(NC(=O)NC3CC3)cc2)n1. The van der Waals surface area contributed by atoms with Crippen molar-refractivity contribution in [1.29, 1.82) is 0 Å². The van der Waals surface area contributed by atoms with Crippen LogP contribution in [0.2, 0.25) is 0 Å². The van der Waals surface area contributed by atoms with Crippen LogP contribution in [-0.2, 0) is 19.3 Å². The summed E-state index contributed by atoms with van der Waals surface area (Å²) in [7, 11) is -3.35. The number of benzene rings is 1. The molecule has 9 nitrogen and oxygen atoms in total. The number of rotatable bonds is 6. The van der Waals surface area contributed by atoms with Crippen molar-refractivity contribution in [1.82, 2.24) is 15.3 Å². The molecule has 2 N–H and O–H groups in total. The van der Waals surface area contributed by atoms with Gasteiger partial charge >= 0.3 is 6.03 Å². The highest BCUT2D eigenvalue weighted by Crippen LogP contribution is 2.48. The zero-order valence-corrected chi connectivity index (χ0v) is 20.4. The molecule has 0 unspecified atom stereocenters. The molecule has 0 radical (unpaired) electrons. The monoisotopic (exact) mass is 485 g/mol. The molecule has 1 aromatic carbocycles. The van der Waals surface area contributed by atoms with Crippen LogP contribution in [0.4, 0.5) is 16.3 Å². The van der Waals surface area contributed by atoms with Gasteiger partial charge in [-0.05, 0) is 63.3 Å². The van der Waals surface area contributed by atoms with Crippen molar-refractivity contribution in [2.45, 2.75) is 55.9 Å². The number of amides is 2. The van der Waals surface area contributed by atoms with Crippen LogP contribution in [0, 0.1) is 0 Å². The highest BCUT2D eigenvalue weighted by atomic mass is 32.2. The van der Waals surface area contributed by atoms with E-state index in [9.17, 15) is 13.2 Å². The van der Waals surface area contributed by atoms with Crippen molar-refractivity contribution >= 4 is 27.4 Å². The number of carbonyl (C=O) groups is 1. The molecule has 2 amide bonds. The summed E-state index contributed by atoms with van der Waals surface area (Å²) in [5.41, 5.74) is 2.00. The Morgan fingerprint density at radius 2 is 1.91 bits per heavy atom. The number of aromatic nitrogens is 2. The van der Waals surface area contributed by atoms with Crippen LogP contribution >= 0.6 is 0 Å². The quantitative estimate of drug-likeness (QED) is 0.646. The molecule has 34 heavy (non-hydrogen) atoms. The van der Waals surface area contributed by atoms with Crippen molar-refractivity contribution in [3.8, 4) is 11.4 Å². The summed E-state index contributed by atoms with van der Waals surface area (Å²) < 4.78 is 30.3. The first-order valence-electron chi connectivity index (χ1n) is 11.9. The van der Waals surface area contributed by atoms with Crippen LogP contribution < -0.4 is 15.5 Å². The predicted octanol–water partition coefficient (Wildman–Crippen LogP) is 3.08. The normalized spacial score (nSPS) is 22.1. The molecule has 0 spiro atoms. The highest BCUT2D eigenvalue weighted by Gasteiger charge is 2.49. The number of ether oxygens (including phenoxy) is 1. The molecule has 1 aromatic heterocycles. The fourth-order valence-electron chi connectivity index (χ4n) is 4.61. The van der Waals surface area contributed by atoms with E-state index < -0.39 is 14.6 Å².